The Hall–Kier alpha value is 0.560. The minimum absolute atomic E-state index is 0.0648. The van der Waals surface area contributed by atoms with Gasteiger partial charge < -0.3 is 0 Å². The minimum Gasteiger partial charge on any atom is -0.143 e. The van der Waals surface area contributed by atoms with Gasteiger partial charge in [0.2, 0.25) is 0 Å². The molecule has 3 heteroatoms. The molecule has 154 valence electrons. The standard InChI is InChI=1S/C24H42P2S/c1-5-25(6-2)21-22(26(7-3)8-4)24(20-17-13-10-14-18-20)27-23(21)19-15-11-9-12-16-19/h19-20H,5-18H2,1-4H3. The lowest BCUT2D eigenvalue weighted by molar-refractivity contribution is 0.448. The Balaban J connectivity index is 2.12. The van der Waals surface area contributed by atoms with Crippen molar-refractivity contribution in [1.29, 1.82) is 0 Å². The summed E-state index contributed by atoms with van der Waals surface area (Å²) in [5.74, 6) is 1.81. The Morgan fingerprint density at radius 3 is 1.22 bits per heavy atom. The first kappa shape index (κ1) is 22.2. The van der Waals surface area contributed by atoms with Gasteiger partial charge in [0.15, 0.2) is 0 Å². The highest BCUT2D eigenvalue weighted by Gasteiger charge is 2.33. The molecule has 27 heavy (non-hydrogen) atoms. The molecule has 0 atom stereocenters. The normalized spacial score (nSPS) is 20.1. The van der Waals surface area contributed by atoms with E-state index in [9.17, 15) is 0 Å². The number of hydrogen-bond donors (Lipinski definition) is 0. The third-order valence-electron chi connectivity index (χ3n) is 7.02. The van der Waals surface area contributed by atoms with Gasteiger partial charge in [-0.15, -0.1) is 11.3 Å². The van der Waals surface area contributed by atoms with Gasteiger partial charge in [0.05, 0.1) is 0 Å². The molecule has 1 aromatic heterocycles. The average Bonchev–Trinajstić information content (AvgIpc) is 3.12. The van der Waals surface area contributed by atoms with Crippen LogP contribution in [0, 0.1) is 0 Å². The van der Waals surface area contributed by atoms with Crippen molar-refractivity contribution >= 4 is 37.8 Å². The smallest absolute Gasteiger partial charge is 0.0163 e. The van der Waals surface area contributed by atoms with Crippen molar-refractivity contribution in [3.63, 3.8) is 0 Å². The fourth-order valence-corrected chi connectivity index (χ4v) is 12.9. The topological polar surface area (TPSA) is 0 Å². The maximum atomic E-state index is 2.47. The summed E-state index contributed by atoms with van der Waals surface area (Å²) in [4.78, 5) is 3.82. The van der Waals surface area contributed by atoms with Crippen LogP contribution in [0.15, 0.2) is 0 Å². The predicted octanol–water partition coefficient (Wildman–Crippen LogP) is 8.14. The monoisotopic (exact) mass is 424 g/mol. The Morgan fingerprint density at radius 2 is 0.926 bits per heavy atom. The van der Waals surface area contributed by atoms with Crippen LogP contribution in [0.5, 0.6) is 0 Å². The van der Waals surface area contributed by atoms with Crippen LogP contribution in [0.3, 0.4) is 0 Å². The Bertz CT molecular complexity index is 511. The largest absolute Gasteiger partial charge is 0.143 e. The first-order chi connectivity index (χ1) is 13.2. The second-order valence-corrected chi connectivity index (χ2v) is 15.2. The van der Waals surface area contributed by atoms with E-state index >= 15 is 0 Å². The highest BCUT2D eigenvalue weighted by molar-refractivity contribution is 7.73. The van der Waals surface area contributed by atoms with Crippen LogP contribution in [-0.2, 0) is 0 Å². The van der Waals surface area contributed by atoms with Crippen LogP contribution in [0.25, 0.3) is 0 Å². The van der Waals surface area contributed by atoms with Crippen LogP contribution in [-0.4, -0.2) is 24.6 Å². The zero-order valence-electron chi connectivity index (χ0n) is 18.4. The number of thiophene rings is 1. The maximum Gasteiger partial charge on any atom is 0.0163 e. The summed E-state index contributed by atoms with van der Waals surface area (Å²) < 4.78 is 0. The van der Waals surface area contributed by atoms with E-state index in [1.54, 1.807) is 0 Å². The van der Waals surface area contributed by atoms with E-state index in [4.69, 9.17) is 0 Å². The predicted molar refractivity (Wildman–Crippen MR) is 131 cm³/mol. The van der Waals surface area contributed by atoms with E-state index in [2.05, 4.69) is 39.0 Å². The van der Waals surface area contributed by atoms with Crippen molar-refractivity contribution in [3.8, 4) is 0 Å². The molecular formula is C24H42P2S. The molecule has 2 saturated carbocycles. The Kier molecular flexibility index (Phi) is 9.14. The van der Waals surface area contributed by atoms with Gasteiger partial charge >= 0.3 is 0 Å². The highest BCUT2D eigenvalue weighted by Crippen LogP contribution is 2.50. The summed E-state index contributed by atoms with van der Waals surface area (Å²) in [7, 11) is 0.130. The van der Waals surface area contributed by atoms with E-state index in [0.717, 1.165) is 11.8 Å². The summed E-state index contributed by atoms with van der Waals surface area (Å²) in [6, 6.07) is 0. The molecule has 1 aromatic rings. The number of hydrogen-bond acceptors (Lipinski definition) is 1. The quantitative estimate of drug-likeness (QED) is 0.369. The van der Waals surface area contributed by atoms with Crippen LogP contribution in [0.1, 0.15) is 113 Å². The van der Waals surface area contributed by atoms with Gasteiger partial charge in [-0.05, 0) is 72.8 Å². The van der Waals surface area contributed by atoms with Gasteiger partial charge in [-0.25, -0.2) is 0 Å². The molecule has 0 saturated heterocycles. The molecule has 0 N–H and O–H groups in total. The van der Waals surface area contributed by atoms with E-state index in [-0.39, 0.29) is 15.8 Å². The van der Waals surface area contributed by atoms with E-state index < -0.39 is 0 Å². The highest BCUT2D eigenvalue weighted by atomic mass is 32.1. The SMILES string of the molecule is CCP(CC)c1c(C2CCCCC2)sc(C2CCCCC2)c1P(CC)CC. The zero-order valence-corrected chi connectivity index (χ0v) is 21.0. The van der Waals surface area contributed by atoms with Crippen molar-refractivity contribution < 1.29 is 0 Å². The van der Waals surface area contributed by atoms with Gasteiger partial charge in [0.25, 0.3) is 0 Å². The molecule has 0 unspecified atom stereocenters. The van der Waals surface area contributed by atoms with Gasteiger partial charge in [-0.1, -0.05) is 82.1 Å². The van der Waals surface area contributed by atoms with Crippen LogP contribution in [0.2, 0.25) is 0 Å². The van der Waals surface area contributed by atoms with E-state index in [1.807, 2.05) is 20.4 Å². The molecule has 3 rings (SSSR count). The zero-order chi connectivity index (χ0) is 19.2. The molecule has 2 fully saturated rings. The van der Waals surface area contributed by atoms with Gasteiger partial charge in [0.1, 0.15) is 0 Å². The Morgan fingerprint density at radius 1 is 0.593 bits per heavy atom. The molecular weight excluding hydrogens is 382 g/mol. The van der Waals surface area contributed by atoms with Crippen molar-refractivity contribution in [3.05, 3.63) is 9.75 Å². The third-order valence-corrected chi connectivity index (χ3v) is 14.3. The third kappa shape index (κ3) is 5.01. The first-order valence-corrected chi connectivity index (χ1v) is 16.1. The number of rotatable bonds is 8. The second-order valence-electron chi connectivity index (χ2n) is 8.54. The molecule has 0 spiro atoms. The molecule has 0 amide bonds. The van der Waals surface area contributed by atoms with Crippen LogP contribution in [0.4, 0.5) is 0 Å². The lowest BCUT2D eigenvalue weighted by Crippen LogP contribution is -2.28. The van der Waals surface area contributed by atoms with Crippen molar-refractivity contribution in [2.45, 2.75) is 104 Å². The summed E-state index contributed by atoms with van der Waals surface area (Å²) in [5.41, 5.74) is 0. The summed E-state index contributed by atoms with van der Waals surface area (Å²) >= 11 is 2.35. The molecule has 0 nitrogen and oxygen atoms in total. The molecule has 2 aliphatic carbocycles. The van der Waals surface area contributed by atoms with Gasteiger partial charge in [-0.2, -0.15) is 0 Å². The first-order valence-electron chi connectivity index (χ1n) is 11.9. The van der Waals surface area contributed by atoms with Crippen molar-refractivity contribution in [1.82, 2.24) is 0 Å². The lowest BCUT2D eigenvalue weighted by atomic mass is 9.87. The van der Waals surface area contributed by atoms with Crippen LogP contribution >= 0.6 is 27.2 Å². The average molecular weight is 425 g/mol. The van der Waals surface area contributed by atoms with E-state index in [1.165, 1.54) is 88.9 Å². The van der Waals surface area contributed by atoms with Gasteiger partial charge in [0, 0.05) is 9.75 Å². The Labute approximate surface area is 175 Å². The summed E-state index contributed by atoms with van der Waals surface area (Å²) in [5, 5.41) is 3.95. The molecule has 1 heterocycles. The second kappa shape index (κ2) is 11.1. The van der Waals surface area contributed by atoms with Gasteiger partial charge in [-0.3, -0.25) is 0 Å². The minimum atomic E-state index is 0.0648. The molecule has 0 aromatic carbocycles. The van der Waals surface area contributed by atoms with Crippen molar-refractivity contribution in [2.24, 2.45) is 0 Å². The van der Waals surface area contributed by atoms with Crippen molar-refractivity contribution in [2.75, 3.05) is 24.6 Å². The summed E-state index contributed by atoms with van der Waals surface area (Å²) in [6.07, 6.45) is 20.4. The molecule has 2 aliphatic rings. The lowest BCUT2D eigenvalue weighted by Gasteiger charge is -2.28. The van der Waals surface area contributed by atoms with E-state index in [0.29, 0.717) is 0 Å². The molecule has 0 radical (unpaired) electrons. The van der Waals surface area contributed by atoms with Crippen LogP contribution < -0.4 is 10.6 Å². The molecule has 0 bridgehead atoms. The molecule has 0 aliphatic heterocycles. The fourth-order valence-electron chi connectivity index (χ4n) is 5.42. The maximum absolute atomic E-state index is 2.47. The summed E-state index contributed by atoms with van der Waals surface area (Å²) in [6.45, 7) is 9.90. The fraction of sp³-hybridized carbons (Fsp3) is 0.833.